The van der Waals surface area contributed by atoms with E-state index >= 15 is 0 Å². The molecule has 0 saturated heterocycles. The molecule has 0 bridgehead atoms. The summed E-state index contributed by atoms with van der Waals surface area (Å²) in [5, 5.41) is 23.0. The molecule has 0 fully saturated rings. The molecule has 0 saturated carbocycles. The van der Waals surface area contributed by atoms with Crippen LogP contribution in [0.5, 0.6) is 0 Å². The molecule has 0 aliphatic rings. The summed E-state index contributed by atoms with van der Waals surface area (Å²) in [7, 11) is 0. The van der Waals surface area contributed by atoms with Crippen LogP contribution in [-0.2, 0) is 6.54 Å². The lowest BCUT2D eigenvalue weighted by atomic mass is 10.3. The molecular formula is C10H6BrN5O2. The van der Waals surface area contributed by atoms with Crippen LogP contribution in [0.25, 0.3) is 0 Å². The van der Waals surface area contributed by atoms with Crippen LogP contribution in [0, 0.1) is 21.4 Å². The number of halogens is 1. The van der Waals surface area contributed by atoms with Crippen LogP contribution in [0.2, 0.25) is 0 Å². The average Bonchev–Trinajstić information content (AvgIpc) is 2.72. The highest BCUT2D eigenvalue weighted by Gasteiger charge is 2.16. The van der Waals surface area contributed by atoms with Gasteiger partial charge < -0.3 is 10.1 Å². The first-order valence-electron chi connectivity index (χ1n) is 4.83. The van der Waals surface area contributed by atoms with E-state index in [1.54, 1.807) is 12.1 Å². The number of nitriles is 1. The molecule has 8 heteroatoms. The largest absolute Gasteiger partial charge is 0.391 e. The van der Waals surface area contributed by atoms with Gasteiger partial charge in [0.05, 0.1) is 22.4 Å². The van der Waals surface area contributed by atoms with Crippen molar-refractivity contribution in [2.24, 2.45) is 0 Å². The van der Waals surface area contributed by atoms with Crippen LogP contribution in [0.15, 0.2) is 29.0 Å². The number of nitrogens with zero attached hydrogens (tertiary/aromatic N) is 5. The van der Waals surface area contributed by atoms with Crippen molar-refractivity contribution in [2.45, 2.75) is 6.54 Å². The Morgan fingerprint density at radius 2 is 2.33 bits per heavy atom. The summed E-state index contributed by atoms with van der Waals surface area (Å²) in [6, 6.07) is 6.60. The summed E-state index contributed by atoms with van der Waals surface area (Å²) < 4.78 is 1.92. The van der Waals surface area contributed by atoms with Gasteiger partial charge in [-0.25, -0.2) is 0 Å². The summed E-state index contributed by atoms with van der Waals surface area (Å²) in [5.41, 5.74) is 1.12. The molecule has 0 unspecified atom stereocenters. The summed E-state index contributed by atoms with van der Waals surface area (Å²) >= 11 is 3.19. The van der Waals surface area contributed by atoms with Gasteiger partial charge in [-0.15, -0.1) is 0 Å². The minimum atomic E-state index is -0.562. The Labute approximate surface area is 110 Å². The van der Waals surface area contributed by atoms with Crippen molar-refractivity contribution in [3.8, 4) is 6.07 Å². The van der Waals surface area contributed by atoms with Gasteiger partial charge in [0.1, 0.15) is 17.2 Å². The van der Waals surface area contributed by atoms with E-state index in [-0.39, 0.29) is 5.82 Å². The van der Waals surface area contributed by atoms with Crippen LogP contribution in [-0.4, -0.2) is 19.7 Å². The SMILES string of the molecule is N#Cc1ccc(Cn2nc([N+](=O)[O-])cc2Br)nc1. The Hall–Kier alpha value is -2.27. The molecule has 2 aromatic rings. The summed E-state index contributed by atoms with van der Waals surface area (Å²) in [6.45, 7) is 0.292. The van der Waals surface area contributed by atoms with E-state index < -0.39 is 4.92 Å². The maximum Gasteiger partial charge on any atom is 0.391 e. The third-order valence-electron chi connectivity index (χ3n) is 2.17. The van der Waals surface area contributed by atoms with Crippen molar-refractivity contribution in [1.82, 2.24) is 14.8 Å². The van der Waals surface area contributed by atoms with Crippen molar-refractivity contribution < 1.29 is 4.92 Å². The normalized spacial score (nSPS) is 10.0. The van der Waals surface area contributed by atoms with Crippen molar-refractivity contribution in [2.75, 3.05) is 0 Å². The smallest absolute Gasteiger partial charge is 0.358 e. The maximum absolute atomic E-state index is 10.6. The lowest BCUT2D eigenvalue weighted by Gasteiger charge is -1.98. The molecule has 0 aliphatic heterocycles. The van der Waals surface area contributed by atoms with Gasteiger partial charge in [-0.05, 0) is 33.0 Å². The van der Waals surface area contributed by atoms with E-state index in [0.29, 0.717) is 22.4 Å². The van der Waals surface area contributed by atoms with E-state index in [0.717, 1.165) is 0 Å². The third kappa shape index (κ3) is 2.52. The molecule has 2 aromatic heterocycles. The summed E-state index contributed by atoms with van der Waals surface area (Å²) in [6.07, 6.45) is 1.45. The fourth-order valence-electron chi connectivity index (χ4n) is 1.32. The molecule has 7 nitrogen and oxygen atoms in total. The molecule has 0 N–H and O–H groups in total. The van der Waals surface area contributed by atoms with E-state index in [9.17, 15) is 10.1 Å². The van der Waals surface area contributed by atoms with E-state index in [4.69, 9.17) is 5.26 Å². The standard InChI is InChI=1S/C10H6BrN5O2/c11-9-3-10(16(17)18)14-15(9)6-8-2-1-7(4-12)5-13-8/h1-3,5H,6H2. The van der Waals surface area contributed by atoms with Gasteiger partial charge in [0, 0.05) is 6.20 Å². The molecular weight excluding hydrogens is 302 g/mol. The predicted molar refractivity (Wildman–Crippen MR) is 64.6 cm³/mol. The second-order valence-electron chi connectivity index (χ2n) is 3.39. The van der Waals surface area contributed by atoms with Gasteiger partial charge in [0.25, 0.3) is 0 Å². The zero-order valence-corrected chi connectivity index (χ0v) is 10.5. The van der Waals surface area contributed by atoms with Gasteiger partial charge in [-0.3, -0.25) is 4.98 Å². The maximum atomic E-state index is 10.6. The molecule has 18 heavy (non-hydrogen) atoms. The Bertz CT molecular complexity index is 629. The number of nitro groups is 1. The Morgan fingerprint density at radius 3 is 2.83 bits per heavy atom. The van der Waals surface area contributed by atoms with E-state index in [1.807, 2.05) is 6.07 Å². The van der Waals surface area contributed by atoms with Crippen molar-refractivity contribution >= 4 is 21.7 Å². The van der Waals surface area contributed by atoms with Gasteiger partial charge >= 0.3 is 5.82 Å². The fourth-order valence-corrected chi connectivity index (χ4v) is 1.73. The molecule has 2 rings (SSSR count). The molecule has 0 radical (unpaired) electrons. The van der Waals surface area contributed by atoms with E-state index in [1.165, 1.54) is 16.9 Å². The monoisotopic (exact) mass is 307 g/mol. The first kappa shape index (κ1) is 12.2. The topological polar surface area (TPSA) is 97.6 Å². The van der Waals surface area contributed by atoms with Gasteiger partial charge in [0.15, 0.2) is 0 Å². The first-order chi connectivity index (χ1) is 8.60. The minimum absolute atomic E-state index is 0.226. The zero-order valence-electron chi connectivity index (χ0n) is 8.95. The first-order valence-corrected chi connectivity index (χ1v) is 5.62. The number of hydrogen-bond donors (Lipinski definition) is 0. The zero-order chi connectivity index (χ0) is 13.1. The highest BCUT2D eigenvalue weighted by molar-refractivity contribution is 9.10. The van der Waals surface area contributed by atoms with Crippen molar-refractivity contribution in [3.63, 3.8) is 0 Å². The quantitative estimate of drug-likeness (QED) is 0.637. The van der Waals surface area contributed by atoms with Crippen molar-refractivity contribution in [1.29, 1.82) is 5.26 Å². The number of aromatic nitrogens is 3. The second-order valence-corrected chi connectivity index (χ2v) is 4.20. The highest BCUT2D eigenvalue weighted by atomic mass is 79.9. The summed E-state index contributed by atoms with van der Waals surface area (Å²) in [4.78, 5) is 14.1. The molecule has 2 heterocycles. The van der Waals surface area contributed by atoms with Crippen molar-refractivity contribution in [3.05, 3.63) is 50.4 Å². The second kappa shape index (κ2) is 4.93. The van der Waals surface area contributed by atoms with Crippen LogP contribution < -0.4 is 0 Å². The molecule has 0 aromatic carbocycles. The van der Waals surface area contributed by atoms with Crippen LogP contribution in [0.3, 0.4) is 0 Å². The van der Waals surface area contributed by atoms with Crippen LogP contribution >= 0.6 is 15.9 Å². The molecule has 0 atom stereocenters. The van der Waals surface area contributed by atoms with E-state index in [2.05, 4.69) is 26.0 Å². The number of rotatable bonds is 3. The third-order valence-corrected chi connectivity index (χ3v) is 2.81. The lowest BCUT2D eigenvalue weighted by Crippen LogP contribution is -2.04. The average molecular weight is 308 g/mol. The molecule has 0 aliphatic carbocycles. The summed E-state index contributed by atoms with van der Waals surface area (Å²) in [5.74, 6) is -0.226. The Morgan fingerprint density at radius 1 is 1.56 bits per heavy atom. The van der Waals surface area contributed by atoms with Gasteiger partial charge in [0.2, 0.25) is 0 Å². The lowest BCUT2D eigenvalue weighted by molar-refractivity contribution is -0.389. The molecule has 90 valence electrons. The van der Waals surface area contributed by atoms with Crippen LogP contribution in [0.1, 0.15) is 11.3 Å². The number of pyridine rings is 1. The molecule has 0 spiro atoms. The van der Waals surface area contributed by atoms with Gasteiger partial charge in [-0.1, -0.05) is 0 Å². The Balaban J connectivity index is 2.23. The van der Waals surface area contributed by atoms with Crippen LogP contribution in [0.4, 0.5) is 5.82 Å². The minimum Gasteiger partial charge on any atom is -0.358 e. The molecule has 0 amide bonds. The number of hydrogen-bond acceptors (Lipinski definition) is 5. The van der Waals surface area contributed by atoms with Gasteiger partial charge in [-0.2, -0.15) is 9.94 Å². The Kier molecular flexibility index (Phi) is 3.34. The highest BCUT2D eigenvalue weighted by Crippen LogP contribution is 2.18. The predicted octanol–water partition coefficient (Wildman–Crippen LogP) is 1.87. The fraction of sp³-hybridized carbons (Fsp3) is 0.100.